The number of halogens is 3. The Labute approximate surface area is 267 Å². The van der Waals surface area contributed by atoms with Crippen LogP contribution in [0.5, 0.6) is 6.01 Å². The molecule has 0 aliphatic carbocycles. The highest BCUT2D eigenvalue weighted by atomic mass is 32.1. The van der Waals surface area contributed by atoms with Crippen molar-refractivity contribution in [2.75, 3.05) is 50.9 Å². The Hall–Kier alpha value is -3.77. The molecule has 0 radical (unpaired) electrons. The van der Waals surface area contributed by atoms with Gasteiger partial charge in [-0.2, -0.15) is 15.2 Å². The SMILES string of the molecule is CN1CCC[C@H]1CNc1nc(OC[C@@]23CCCN2C[C@H](F)C3)nc2c(F)c(-c3ncc(F)c4sc(N)c(C#N)c34)c3c(c12)COC3. The Bertz CT molecular complexity index is 1930. The third kappa shape index (κ3) is 4.58. The molecule has 7 heterocycles. The van der Waals surface area contributed by atoms with Crippen molar-refractivity contribution >= 4 is 43.1 Å². The zero-order valence-electron chi connectivity index (χ0n) is 25.3. The zero-order chi connectivity index (χ0) is 31.7. The summed E-state index contributed by atoms with van der Waals surface area (Å²) in [4.78, 5) is 18.1. The van der Waals surface area contributed by atoms with Gasteiger partial charge in [-0.15, -0.1) is 11.3 Å². The van der Waals surface area contributed by atoms with E-state index in [-0.39, 0.29) is 69.3 Å². The van der Waals surface area contributed by atoms with Crippen LogP contribution in [0.15, 0.2) is 6.20 Å². The van der Waals surface area contributed by atoms with E-state index >= 15 is 4.39 Å². The molecule has 3 aromatic heterocycles. The van der Waals surface area contributed by atoms with E-state index in [1.807, 2.05) is 6.07 Å². The number of nitrogen functional groups attached to an aromatic ring is 1. The first kappa shape index (κ1) is 29.6. The second-order valence-corrected chi connectivity index (χ2v) is 13.9. The van der Waals surface area contributed by atoms with Gasteiger partial charge in [0, 0.05) is 36.5 Å². The predicted octanol–water partition coefficient (Wildman–Crippen LogP) is 5.13. The van der Waals surface area contributed by atoms with Gasteiger partial charge in [0.15, 0.2) is 11.6 Å². The van der Waals surface area contributed by atoms with Crippen molar-refractivity contribution in [3.8, 4) is 23.3 Å². The van der Waals surface area contributed by atoms with Crippen molar-refractivity contribution in [3.63, 3.8) is 0 Å². The fourth-order valence-corrected chi connectivity index (χ4v) is 8.86. The van der Waals surface area contributed by atoms with Crippen LogP contribution in [-0.2, 0) is 18.0 Å². The average Bonchev–Trinajstić information content (AvgIpc) is 3.86. The zero-order valence-corrected chi connectivity index (χ0v) is 26.2. The Balaban J connectivity index is 1.29. The highest BCUT2D eigenvalue weighted by Gasteiger charge is 2.49. The van der Waals surface area contributed by atoms with Crippen LogP contribution in [0.25, 0.3) is 32.2 Å². The summed E-state index contributed by atoms with van der Waals surface area (Å²) in [5, 5.41) is 14.1. The number of fused-ring (bicyclic) bond motifs is 5. The summed E-state index contributed by atoms with van der Waals surface area (Å²) in [5.74, 6) is -0.917. The van der Waals surface area contributed by atoms with Gasteiger partial charge < -0.3 is 25.4 Å². The molecule has 10 nitrogen and oxygen atoms in total. The summed E-state index contributed by atoms with van der Waals surface area (Å²) in [7, 11) is 2.08. The van der Waals surface area contributed by atoms with Crippen LogP contribution >= 0.6 is 11.3 Å². The van der Waals surface area contributed by atoms with Gasteiger partial charge in [0.2, 0.25) is 0 Å². The molecule has 0 spiro atoms. The molecule has 4 aliphatic rings. The normalized spacial score (nSPS) is 24.6. The second kappa shape index (κ2) is 11.2. The minimum Gasteiger partial charge on any atom is -0.461 e. The quantitative estimate of drug-likeness (QED) is 0.278. The maximum atomic E-state index is 17.1. The lowest BCUT2D eigenvalue weighted by Crippen LogP contribution is -2.43. The number of anilines is 2. The number of rotatable bonds is 7. The third-order valence-corrected chi connectivity index (χ3v) is 11.3. The molecular weight excluding hydrogens is 617 g/mol. The lowest BCUT2D eigenvalue weighted by atomic mass is 9.93. The first-order valence-electron chi connectivity index (χ1n) is 15.6. The van der Waals surface area contributed by atoms with E-state index in [0.717, 1.165) is 56.3 Å². The first-order chi connectivity index (χ1) is 22.3. The molecular formula is C32H33F3N8O2S. The largest absolute Gasteiger partial charge is 0.461 e. The molecule has 0 amide bonds. The minimum atomic E-state index is -0.922. The number of likely N-dealkylation sites (tertiary alicyclic amines) is 1. The number of thiophene rings is 1. The van der Waals surface area contributed by atoms with Crippen molar-refractivity contribution < 1.29 is 22.6 Å². The molecule has 14 heteroatoms. The summed E-state index contributed by atoms with van der Waals surface area (Å²) in [5.41, 5.74) is 7.12. The summed E-state index contributed by atoms with van der Waals surface area (Å²) >= 11 is 0.927. The molecule has 3 atom stereocenters. The van der Waals surface area contributed by atoms with Crippen LogP contribution in [-0.4, -0.2) is 82.3 Å². The Morgan fingerprint density at radius 3 is 2.87 bits per heavy atom. The van der Waals surface area contributed by atoms with Crippen LogP contribution in [0.1, 0.15) is 48.8 Å². The number of hydrogen-bond donors (Lipinski definition) is 2. The van der Waals surface area contributed by atoms with Crippen molar-refractivity contribution in [3.05, 3.63) is 34.5 Å². The number of nitrogens with zero attached hydrogens (tertiary/aromatic N) is 6. The van der Waals surface area contributed by atoms with E-state index in [4.69, 9.17) is 20.2 Å². The molecule has 0 unspecified atom stereocenters. The Morgan fingerprint density at radius 1 is 1.22 bits per heavy atom. The topological polar surface area (TPSA) is 125 Å². The van der Waals surface area contributed by atoms with Gasteiger partial charge in [0.25, 0.3) is 0 Å². The van der Waals surface area contributed by atoms with Gasteiger partial charge in [-0.05, 0) is 56.9 Å². The van der Waals surface area contributed by atoms with Crippen LogP contribution in [0, 0.1) is 23.0 Å². The number of aromatic nitrogens is 3. The Kier molecular flexibility index (Phi) is 7.20. The van der Waals surface area contributed by atoms with Crippen LogP contribution in [0.4, 0.5) is 24.0 Å². The number of nitriles is 1. The van der Waals surface area contributed by atoms with Crippen LogP contribution in [0.3, 0.4) is 0 Å². The number of alkyl halides is 1. The number of likely N-dealkylation sites (N-methyl/N-ethyl adjacent to an activating group) is 1. The summed E-state index contributed by atoms with van der Waals surface area (Å²) in [6, 6.07) is 2.30. The molecule has 46 heavy (non-hydrogen) atoms. The van der Waals surface area contributed by atoms with E-state index in [0.29, 0.717) is 41.8 Å². The van der Waals surface area contributed by atoms with E-state index in [1.165, 1.54) is 0 Å². The second-order valence-electron chi connectivity index (χ2n) is 12.9. The summed E-state index contributed by atoms with van der Waals surface area (Å²) in [6.07, 6.45) is 4.35. The van der Waals surface area contributed by atoms with E-state index in [2.05, 4.69) is 32.1 Å². The average molecular weight is 651 g/mol. The molecule has 3 N–H and O–H groups in total. The molecule has 1 aromatic carbocycles. The van der Waals surface area contributed by atoms with E-state index in [9.17, 15) is 14.0 Å². The van der Waals surface area contributed by atoms with Crippen molar-refractivity contribution in [1.29, 1.82) is 5.26 Å². The lowest BCUT2D eigenvalue weighted by Gasteiger charge is -2.31. The van der Waals surface area contributed by atoms with Crippen molar-refractivity contribution in [2.45, 2.75) is 63.1 Å². The number of nitrogens with one attached hydrogen (secondary N) is 1. The molecule has 3 fully saturated rings. The fraction of sp³-hybridized carbons (Fsp3) is 0.500. The van der Waals surface area contributed by atoms with E-state index < -0.39 is 23.3 Å². The smallest absolute Gasteiger partial charge is 0.319 e. The molecule has 4 aromatic rings. The number of hydrogen-bond acceptors (Lipinski definition) is 11. The fourth-order valence-electron chi connectivity index (χ4n) is 7.94. The highest BCUT2D eigenvalue weighted by molar-refractivity contribution is 7.23. The van der Waals surface area contributed by atoms with Crippen LogP contribution in [0.2, 0.25) is 0 Å². The molecule has 0 saturated carbocycles. The third-order valence-electron chi connectivity index (χ3n) is 10.2. The number of benzene rings is 1. The molecule has 240 valence electrons. The van der Waals surface area contributed by atoms with Gasteiger partial charge in [0.1, 0.15) is 35.2 Å². The number of ether oxygens (including phenoxy) is 2. The van der Waals surface area contributed by atoms with Crippen molar-refractivity contribution in [1.82, 2.24) is 24.8 Å². The monoisotopic (exact) mass is 650 g/mol. The molecule has 4 aliphatic heterocycles. The standard InChI is InChI=1S/C32H33F3N8O2S/c1-42-6-2-4-17(42)10-39-30-24-20-14-44-13-19(20)22(26-23-18(9-36)29(37)46-28(23)21(34)11-38-26)25(35)27(24)40-31(41-30)45-15-32-5-3-7-43(32)12-16(33)8-32/h11,16-17H,2-8,10,12-15,37H2,1H3,(H,39,40,41)/t16-,17+,32+/m1/s1. The maximum Gasteiger partial charge on any atom is 0.319 e. The maximum absolute atomic E-state index is 17.1. The highest BCUT2D eigenvalue weighted by Crippen LogP contribution is 2.46. The van der Waals surface area contributed by atoms with Gasteiger partial charge in [-0.25, -0.2) is 13.2 Å². The Morgan fingerprint density at radius 2 is 2.07 bits per heavy atom. The van der Waals surface area contributed by atoms with Gasteiger partial charge >= 0.3 is 6.01 Å². The lowest BCUT2D eigenvalue weighted by molar-refractivity contribution is 0.107. The van der Waals surface area contributed by atoms with E-state index in [1.54, 1.807) is 0 Å². The molecule has 8 rings (SSSR count). The minimum absolute atomic E-state index is 0.00285. The number of nitrogens with two attached hydrogens (primary N) is 1. The summed E-state index contributed by atoms with van der Waals surface area (Å²) < 4.78 is 58.7. The summed E-state index contributed by atoms with van der Waals surface area (Å²) in [6.45, 7) is 3.23. The molecule has 0 bridgehead atoms. The van der Waals surface area contributed by atoms with Crippen LogP contribution < -0.4 is 15.8 Å². The van der Waals surface area contributed by atoms with Crippen molar-refractivity contribution in [2.24, 2.45) is 0 Å². The predicted molar refractivity (Wildman–Crippen MR) is 168 cm³/mol. The molecule has 3 saturated heterocycles. The number of pyridine rings is 1. The first-order valence-corrected chi connectivity index (χ1v) is 16.5. The van der Waals surface area contributed by atoms with Gasteiger partial charge in [-0.1, -0.05) is 0 Å². The van der Waals surface area contributed by atoms with Gasteiger partial charge in [0.05, 0.1) is 46.3 Å². The van der Waals surface area contributed by atoms with Gasteiger partial charge in [-0.3, -0.25) is 9.88 Å².